The molecule has 0 heterocycles. The van der Waals surface area contributed by atoms with E-state index in [0.29, 0.717) is 12.1 Å². The maximum Gasteiger partial charge on any atom is 0.0253 e. The van der Waals surface area contributed by atoms with E-state index in [-0.39, 0.29) is 12.0 Å². The Morgan fingerprint density at radius 3 is 2.47 bits per heavy atom. The smallest absolute Gasteiger partial charge is 0.0253 e. The van der Waals surface area contributed by atoms with E-state index in [9.17, 15) is 0 Å². The Bertz CT molecular complexity index is 243. The zero-order chi connectivity index (χ0) is 11.8. The lowest BCUT2D eigenvalue weighted by atomic mass is 9.90. The van der Waals surface area contributed by atoms with Gasteiger partial charge in [-0.1, -0.05) is 12.2 Å². The summed E-state index contributed by atoms with van der Waals surface area (Å²) in [7, 11) is 0. The molecule has 0 aliphatic heterocycles. The molecule has 1 radical (unpaired) electrons. The molecule has 0 rings (SSSR count). The highest BCUT2D eigenvalue weighted by Gasteiger charge is 2.15. The van der Waals surface area contributed by atoms with Crippen LogP contribution in [0.1, 0.15) is 26.2 Å². The first-order valence-electron chi connectivity index (χ1n) is 5.16. The van der Waals surface area contributed by atoms with Crippen LogP contribution in [0.3, 0.4) is 0 Å². The van der Waals surface area contributed by atoms with Crippen LogP contribution in [0.15, 0.2) is 30.1 Å². The second-order valence-corrected chi connectivity index (χ2v) is 3.75. The highest BCUT2D eigenvalue weighted by atomic mass is 14.7. The van der Waals surface area contributed by atoms with E-state index in [4.69, 9.17) is 23.8 Å². The molecule has 3 nitrogen and oxygen atoms in total. The normalized spacial score (nSPS) is 15.7. The Labute approximate surface area is 92.7 Å². The van der Waals surface area contributed by atoms with Crippen molar-refractivity contribution in [3.8, 4) is 0 Å². The summed E-state index contributed by atoms with van der Waals surface area (Å²) < 4.78 is 0. The summed E-state index contributed by atoms with van der Waals surface area (Å²) in [6, 6.07) is -0.0668. The van der Waals surface area contributed by atoms with Gasteiger partial charge in [-0.25, -0.2) is 0 Å². The van der Waals surface area contributed by atoms with Crippen molar-refractivity contribution in [2.24, 2.45) is 23.1 Å². The minimum Gasteiger partial charge on any atom is -0.402 e. The third-order valence-electron chi connectivity index (χ3n) is 2.49. The summed E-state index contributed by atoms with van der Waals surface area (Å²) in [5.41, 5.74) is 18.4. The van der Waals surface area contributed by atoms with Crippen LogP contribution in [0, 0.1) is 12.5 Å². The third kappa shape index (κ3) is 5.96. The summed E-state index contributed by atoms with van der Waals surface area (Å²) in [6.07, 6.45) is 5.89. The zero-order valence-electron chi connectivity index (χ0n) is 9.45. The van der Waals surface area contributed by atoms with Crippen molar-refractivity contribution >= 4 is 0 Å². The Balaban J connectivity index is 4.30. The fourth-order valence-corrected chi connectivity index (χ4v) is 1.40. The molecule has 15 heavy (non-hydrogen) atoms. The quantitative estimate of drug-likeness (QED) is 0.554. The molecule has 0 aromatic carbocycles. The van der Waals surface area contributed by atoms with Crippen molar-refractivity contribution in [1.82, 2.24) is 0 Å². The Hall–Kier alpha value is -1.22. The third-order valence-corrected chi connectivity index (χ3v) is 2.49. The second kappa shape index (κ2) is 7.12. The zero-order valence-corrected chi connectivity index (χ0v) is 9.45. The number of rotatable bonds is 7. The minimum absolute atomic E-state index is 0.0668. The molecule has 0 bridgehead atoms. The Morgan fingerprint density at radius 1 is 1.47 bits per heavy atom. The van der Waals surface area contributed by atoms with Crippen LogP contribution in [0.2, 0.25) is 0 Å². The fraction of sp³-hybridized carbons (Fsp3) is 0.500. The van der Waals surface area contributed by atoms with E-state index in [0.717, 1.165) is 18.5 Å². The first-order chi connectivity index (χ1) is 7.01. The summed E-state index contributed by atoms with van der Waals surface area (Å²) in [6.45, 7) is 11.0. The van der Waals surface area contributed by atoms with Gasteiger partial charge < -0.3 is 17.2 Å². The molecule has 2 atom stereocenters. The highest BCUT2D eigenvalue weighted by molar-refractivity contribution is 5.01. The van der Waals surface area contributed by atoms with Gasteiger partial charge in [-0.05, 0) is 38.7 Å². The van der Waals surface area contributed by atoms with Gasteiger partial charge in [0.1, 0.15) is 0 Å². The van der Waals surface area contributed by atoms with Crippen molar-refractivity contribution < 1.29 is 0 Å². The number of hydrogen-bond acceptors (Lipinski definition) is 3. The van der Waals surface area contributed by atoms with Crippen molar-refractivity contribution in [2.45, 2.75) is 32.2 Å². The molecule has 85 valence electrons. The summed E-state index contributed by atoms with van der Waals surface area (Å²) in [5.74, 6) is 0.251. The molecule has 0 amide bonds. The highest BCUT2D eigenvalue weighted by Crippen LogP contribution is 2.19. The average Bonchev–Trinajstić information content (AvgIpc) is 2.22. The van der Waals surface area contributed by atoms with Crippen molar-refractivity contribution in [2.75, 3.05) is 0 Å². The van der Waals surface area contributed by atoms with E-state index in [1.54, 1.807) is 6.08 Å². The number of hydrogen-bond donors (Lipinski definition) is 3. The van der Waals surface area contributed by atoms with Gasteiger partial charge in [0.15, 0.2) is 0 Å². The van der Waals surface area contributed by atoms with Gasteiger partial charge in [-0.3, -0.25) is 0 Å². The van der Waals surface area contributed by atoms with E-state index in [1.807, 2.05) is 13.0 Å². The molecule has 0 aliphatic rings. The molecule has 6 N–H and O–H groups in total. The lowest BCUT2D eigenvalue weighted by Gasteiger charge is -2.21. The van der Waals surface area contributed by atoms with Crippen molar-refractivity contribution in [1.29, 1.82) is 0 Å². The monoisotopic (exact) mass is 208 g/mol. The predicted molar refractivity (Wildman–Crippen MR) is 65.5 cm³/mol. The maximum atomic E-state index is 5.91. The van der Waals surface area contributed by atoms with Gasteiger partial charge in [-0.15, -0.1) is 6.58 Å². The fourth-order valence-electron chi connectivity index (χ4n) is 1.40. The summed E-state index contributed by atoms with van der Waals surface area (Å²) in [5, 5.41) is 0. The minimum atomic E-state index is -0.0668. The number of allylic oxidation sites excluding steroid dienone is 3. The summed E-state index contributed by atoms with van der Waals surface area (Å²) in [4.78, 5) is 0. The molecule has 2 unspecified atom stereocenters. The van der Waals surface area contributed by atoms with Crippen LogP contribution in [-0.4, -0.2) is 6.04 Å². The molecule has 0 saturated carbocycles. The van der Waals surface area contributed by atoms with Crippen LogP contribution >= 0.6 is 0 Å². The molecule has 0 aliphatic carbocycles. The van der Waals surface area contributed by atoms with Crippen molar-refractivity contribution in [3.05, 3.63) is 36.7 Å². The number of nitrogens with two attached hydrogens (primary N) is 3. The van der Waals surface area contributed by atoms with E-state index in [1.165, 1.54) is 0 Å². The average molecular weight is 208 g/mol. The topological polar surface area (TPSA) is 78.1 Å². The van der Waals surface area contributed by atoms with Gasteiger partial charge in [-0.2, -0.15) is 0 Å². The Kier molecular flexibility index (Phi) is 6.54. The van der Waals surface area contributed by atoms with Gasteiger partial charge in [0.05, 0.1) is 0 Å². The first-order valence-corrected chi connectivity index (χ1v) is 5.16. The molecule has 0 fully saturated rings. The molecule has 0 spiro atoms. The standard InChI is InChI=1S/C12H22N3/c1-4-11(14)8-10(12(15)5-2)7-6-9(3)13/h3-5,10,12H,2,6-8,13-15H2,1H3. The van der Waals surface area contributed by atoms with Gasteiger partial charge >= 0.3 is 0 Å². The van der Waals surface area contributed by atoms with Crippen LogP contribution in [0.25, 0.3) is 0 Å². The largest absolute Gasteiger partial charge is 0.402 e. The van der Waals surface area contributed by atoms with Crippen LogP contribution < -0.4 is 17.2 Å². The second-order valence-electron chi connectivity index (χ2n) is 3.75. The van der Waals surface area contributed by atoms with Gasteiger partial charge in [0.2, 0.25) is 0 Å². The van der Waals surface area contributed by atoms with Gasteiger partial charge in [0, 0.05) is 17.4 Å². The van der Waals surface area contributed by atoms with Crippen LogP contribution in [0.5, 0.6) is 0 Å². The van der Waals surface area contributed by atoms with Gasteiger partial charge in [0.25, 0.3) is 0 Å². The molecular formula is C12H22N3. The van der Waals surface area contributed by atoms with E-state index in [2.05, 4.69) is 6.58 Å². The van der Waals surface area contributed by atoms with E-state index < -0.39 is 0 Å². The van der Waals surface area contributed by atoms with Crippen molar-refractivity contribution in [3.63, 3.8) is 0 Å². The SMILES string of the molecule is [CH]=C(N)CCC(CC(N)=CC)C(N)C=C. The van der Waals surface area contributed by atoms with Crippen LogP contribution in [0.4, 0.5) is 0 Å². The summed E-state index contributed by atoms with van der Waals surface area (Å²) >= 11 is 0. The predicted octanol–water partition coefficient (Wildman–Crippen LogP) is 1.42. The molecular weight excluding hydrogens is 186 g/mol. The van der Waals surface area contributed by atoms with Crippen LogP contribution in [-0.2, 0) is 0 Å². The van der Waals surface area contributed by atoms with E-state index >= 15 is 0 Å². The lowest BCUT2D eigenvalue weighted by molar-refractivity contribution is 0.433. The molecule has 0 aromatic rings. The molecule has 0 saturated heterocycles. The molecule has 0 aromatic heterocycles. The maximum absolute atomic E-state index is 5.91. The first kappa shape index (κ1) is 13.8. The molecule has 3 heteroatoms. The Morgan fingerprint density at radius 2 is 2.07 bits per heavy atom. The lowest BCUT2D eigenvalue weighted by Crippen LogP contribution is -2.29.